The van der Waals surface area contributed by atoms with Crippen molar-refractivity contribution in [3.05, 3.63) is 228 Å². The van der Waals surface area contributed by atoms with Crippen LogP contribution in [0.3, 0.4) is 0 Å². The van der Waals surface area contributed by atoms with Crippen LogP contribution < -0.4 is 0 Å². The second kappa shape index (κ2) is 20.4. The molecule has 6 rings (SSSR count). The average Bonchev–Trinajstić information content (AvgIpc) is 3.22. The van der Waals surface area contributed by atoms with Crippen LogP contribution in [0.4, 0.5) is 0 Å². The van der Waals surface area contributed by atoms with Crippen LogP contribution in [-0.4, -0.2) is 23.9 Å². The molecule has 0 N–H and O–H groups in total. The molecule has 6 aromatic carbocycles. The molecule has 0 saturated carbocycles. The number of rotatable bonds is 10. The summed E-state index contributed by atoms with van der Waals surface area (Å²) in [7, 11) is 0. The largest absolute Gasteiger partial charge is 0.387 e. The number of esters is 4. The Balaban J connectivity index is 0.000000230. The molecule has 0 atom stereocenters. The summed E-state index contributed by atoms with van der Waals surface area (Å²) in [6.07, 6.45) is 9.10. The van der Waals surface area contributed by atoms with Crippen molar-refractivity contribution in [2.24, 2.45) is 0 Å². The maximum absolute atomic E-state index is 13.2. The molecule has 0 amide bonds. The van der Waals surface area contributed by atoms with Gasteiger partial charge in [0.1, 0.15) is 0 Å². The molecule has 0 aromatic heterocycles. The van der Waals surface area contributed by atoms with Crippen molar-refractivity contribution in [1.29, 1.82) is 0 Å². The molecule has 0 saturated heterocycles. The molecule has 0 radical (unpaired) electrons. The fraction of sp³-hybridized carbons (Fsp3) is 0. The van der Waals surface area contributed by atoms with Crippen LogP contribution >= 0.6 is 0 Å². The summed E-state index contributed by atoms with van der Waals surface area (Å²) in [5, 5.41) is 0. The Bertz CT molecular complexity index is 2080. The molecular weight excluding hydrogens is 673 g/mol. The van der Waals surface area contributed by atoms with Gasteiger partial charge in [0.25, 0.3) is 0 Å². The van der Waals surface area contributed by atoms with Gasteiger partial charge < -0.3 is 9.47 Å². The van der Waals surface area contributed by atoms with Gasteiger partial charge in [-0.15, -0.1) is 0 Å². The van der Waals surface area contributed by atoms with Crippen LogP contribution in [0.1, 0.15) is 33.4 Å². The SMILES string of the molecule is O=C(C=Cc1ccccc1)OC(=O)C=Cc1ccccc1.O=C(OC(=O)C(=Cc1ccccc1)c1ccccc1)C(=Cc1ccccc1)c1ccccc1. The smallest absolute Gasteiger partial charge is 0.346 e. The maximum Gasteiger partial charge on any atom is 0.346 e. The molecule has 0 fully saturated rings. The number of hydrogen-bond donors (Lipinski definition) is 0. The van der Waals surface area contributed by atoms with Gasteiger partial charge in [-0.25, -0.2) is 19.2 Å². The quantitative estimate of drug-likeness (QED) is 0.0610. The Morgan fingerprint density at radius 3 is 0.926 bits per heavy atom. The second-order valence-corrected chi connectivity index (χ2v) is 11.6. The number of carbonyl (C=O) groups is 4. The Morgan fingerprint density at radius 1 is 0.333 bits per heavy atom. The topological polar surface area (TPSA) is 86.7 Å². The van der Waals surface area contributed by atoms with E-state index in [9.17, 15) is 19.2 Å². The van der Waals surface area contributed by atoms with Crippen LogP contribution in [0.25, 0.3) is 35.5 Å². The van der Waals surface area contributed by atoms with E-state index in [0.717, 1.165) is 22.3 Å². The van der Waals surface area contributed by atoms with Crippen molar-refractivity contribution in [2.45, 2.75) is 0 Å². The number of carbonyl (C=O) groups excluding carboxylic acids is 4. The van der Waals surface area contributed by atoms with E-state index in [1.807, 2.05) is 182 Å². The highest BCUT2D eigenvalue weighted by molar-refractivity contribution is 6.30. The molecule has 0 aliphatic heterocycles. The van der Waals surface area contributed by atoms with E-state index in [4.69, 9.17) is 4.74 Å². The standard InChI is InChI=1S/C30H22O3.C18H14O3/c31-29(27(25-17-9-3-10-18-25)21-23-13-5-1-6-14-23)33-30(32)28(26-19-11-4-12-20-26)22-24-15-7-2-8-16-24;19-17(13-11-15-7-3-1-4-8-15)21-18(20)14-12-16-9-5-2-6-10-16/h1-22H;1-14H. The first-order valence-corrected chi connectivity index (χ1v) is 17.1. The Morgan fingerprint density at radius 2 is 0.611 bits per heavy atom. The van der Waals surface area contributed by atoms with Gasteiger partial charge in [-0.2, -0.15) is 0 Å². The number of hydrogen-bond acceptors (Lipinski definition) is 6. The van der Waals surface area contributed by atoms with Gasteiger partial charge >= 0.3 is 23.9 Å². The monoisotopic (exact) mass is 708 g/mol. The van der Waals surface area contributed by atoms with Gasteiger partial charge in [0.15, 0.2) is 0 Å². The summed E-state index contributed by atoms with van der Waals surface area (Å²) in [5.74, 6) is -2.79. The molecule has 0 spiro atoms. The zero-order chi connectivity index (χ0) is 37.8. The minimum absolute atomic E-state index is 0.308. The fourth-order valence-electron chi connectivity index (χ4n) is 5.01. The van der Waals surface area contributed by atoms with Crippen LogP contribution in [0.15, 0.2) is 194 Å². The van der Waals surface area contributed by atoms with Gasteiger partial charge in [-0.05, 0) is 57.7 Å². The summed E-state index contributed by atoms with van der Waals surface area (Å²) >= 11 is 0. The summed E-state index contributed by atoms with van der Waals surface area (Å²) in [6, 6.07) is 55.9. The van der Waals surface area contributed by atoms with E-state index in [-0.39, 0.29) is 0 Å². The third-order valence-corrected chi connectivity index (χ3v) is 7.64. The first kappa shape index (κ1) is 37.8. The normalized spacial score (nSPS) is 11.3. The molecule has 0 aliphatic carbocycles. The summed E-state index contributed by atoms with van der Waals surface area (Å²) < 4.78 is 10.1. The minimum Gasteiger partial charge on any atom is -0.387 e. The summed E-state index contributed by atoms with van der Waals surface area (Å²) in [5.41, 5.74) is 5.36. The van der Waals surface area contributed by atoms with Gasteiger partial charge in [0.2, 0.25) is 0 Å². The molecular formula is C48H36O6. The molecule has 0 unspecified atom stereocenters. The highest BCUT2D eigenvalue weighted by atomic mass is 16.6. The second-order valence-electron chi connectivity index (χ2n) is 11.6. The van der Waals surface area contributed by atoms with Gasteiger partial charge in [0.05, 0.1) is 11.1 Å². The van der Waals surface area contributed by atoms with Crippen LogP contribution in [0, 0.1) is 0 Å². The zero-order valence-electron chi connectivity index (χ0n) is 29.2. The molecule has 0 bridgehead atoms. The third-order valence-electron chi connectivity index (χ3n) is 7.64. The van der Waals surface area contributed by atoms with Crippen molar-refractivity contribution < 1.29 is 28.7 Å². The van der Waals surface area contributed by atoms with Crippen molar-refractivity contribution in [1.82, 2.24) is 0 Å². The Hall–Kier alpha value is -7.44. The van der Waals surface area contributed by atoms with Crippen molar-refractivity contribution in [3.63, 3.8) is 0 Å². The first-order chi connectivity index (χ1) is 26.4. The van der Waals surface area contributed by atoms with E-state index in [0.29, 0.717) is 22.3 Å². The van der Waals surface area contributed by atoms with E-state index in [1.165, 1.54) is 12.2 Å². The predicted octanol–water partition coefficient (Wildman–Crippen LogP) is 10.0. The van der Waals surface area contributed by atoms with E-state index in [2.05, 4.69) is 4.74 Å². The van der Waals surface area contributed by atoms with Gasteiger partial charge in [-0.3, -0.25) is 0 Å². The highest BCUT2D eigenvalue weighted by Crippen LogP contribution is 2.24. The van der Waals surface area contributed by atoms with Crippen LogP contribution in [0.2, 0.25) is 0 Å². The van der Waals surface area contributed by atoms with Crippen LogP contribution in [0.5, 0.6) is 0 Å². The fourth-order valence-corrected chi connectivity index (χ4v) is 5.01. The highest BCUT2D eigenvalue weighted by Gasteiger charge is 2.22. The first-order valence-electron chi connectivity index (χ1n) is 17.1. The summed E-state index contributed by atoms with van der Waals surface area (Å²) in [6.45, 7) is 0. The molecule has 6 aromatic rings. The van der Waals surface area contributed by atoms with Gasteiger partial charge in [-0.1, -0.05) is 182 Å². The zero-order valence-corrected chi connectivity index (χ0v) is 29.2. The predicted molar refractivity (Wildman–Crippen MR) is 215 cm³/mol. The Labute approximate surface area is 314 Å². The molecule has 6 heteroatoms. The summed E-state index contributed by atoms with van der Waals surface area (Å²) in [4.78, 5) is 49.4. The number of ether oxygens (including phenoxy) is 2. The molecule has 264 valence electrons. The van der Waals surface area contributed by atoms with E-state index >= 15 is 0 Å². The molecule has 54 heavy (non-hydrogen) atoms. The molecule has 6 nitrogen and oxygen atoms in total. The maximum atomic E-state index is 13.2. The Kier molecular flexibility index (Phi) is 14.3. The third kappa shape index (κ3) is 12.4. The van der Waals surface area contributed by atoms with Crippen LogP contribution in [-0.2, 0) is 28.7 Å². The van der Waals surface area contributed by atoms with Crippen molar-refractivity contribution in [2.75, 3.05) is 0 Å². The lowest BCUT2D eigenvalue weighted by atomic mass is 10.0. The molecule has 0 aliphatic rings. The lowest BCUT2D eigenvalue weighted by Gasteiger charge is -2.11. The lowest BCUT2D eigenvalue weighted by molar-refractivity contribution is -0.153. The lowest BCUT2D eigenvalue weighted by Crippen LogP contribution is -2.15. The minimum atomic E-state index is -0.704. The van der Waals surface area contributed by atoms with Crippen molar-refractivity contribution >= 4 is 59.3 Å². The van der Waals surface area contributed by atoms with Crippen molar-refractivity contribution in [3.8, 4) is 0 Å². The number of benzene rings is 6. The average molecular weight is 709 g/mol. The van der Waals surface area contributed by atoms with Gasteiger partial charge in [0, 0.05) is 12.2 Å². The van der Waals surface area contributed by atoms with E-state index < -0.39 is 23.9 Å². The van der Waals surface area contributed by atoms with E-state index in [1.54, 1.807) is 24.3 Å². The molecule has 0 heterocycles.